The molecule has 0 saturated heterocycles. The van der Waals surface area contributed by atoms with Gasteiger partial charge in [-0.05, 0) is 26.3 Å². The minimum absolute atomic E-state index is 0.760. The van der Waals surface area contributed by atoms with E-state index >= 15 is 0 Å². The Labute approximate surface area is 57.3 Å². The van der Waals surface area contributed by atoms with E-state index in [9.17, 15) is 0 Å². The summed E-state index contributed by atoms with van der Waals surface area (Å²) in [6, 6.07) is 0. The van der Waals surface area contributed by atoms with E-state index in [-0.39, 0.29) is 0 Å². The summed E-state index contributed by atoms with van der Waals surface area (Å²) in [6.07, 6.45) is 6.10. The molecule has 0 aliphatic carbocycles. The van der Waals surface area contributed by atoms with Crippen molar-refractivity contribution in [3.05, 3.63) is 24.3 Å². The summed E-state index contributed by atoms with van der Waals surface area (Å²) in [5.41, 5.74) is 6.48. The maximum Gasteiger partial charge on any atom is -0.00741 e. The topological polar surface area (TPSA) is 26.0 Å². The molecule has 1 heteroatoms. The van der Waals surface area contributed by atoms with E-state index in [1.165, 1.54) is 5.57 Å². The van der Waals surface area contributed by atoms with E-state index in [1.807, 2.05) is 19.1 Å². The zero-order valence-electron chi connectivity index (χ0n) is 6.06. The Balaban J connectivity index is 3.27. The third-order valence-corrected chi connectivity index (χ3v) is 1.10. The Bertz CT molecular complexity index is 103. The molecule has 0 rings (SSSR count). The van der Waals surface area contributed by atoms with Gasteiger partial charge in [-0.2, -0.15) is 0 Å². The first-order valence-electron chi connectivity index (χ1n) is 3.31. The summed E-state index contributed by atoms with van der Waals surface area (Å²) < 4.78 is 0. The Morgan fingerprint density at radius 2 is 2.33 bits per heavy atom. The van der Waals surface area contributed by atoms with Gasteiger partial charge in [-0.25, -0.2) is 0 Å². The van der Waals surface area contributed by atoms with E-state index in [0.29, 0.717) is 0 Å². The lowest BCUT2D eigenvalue weighted by Gasteiger charge is -1.94. The van der Waals surface area contributed by atoms with Gasteiger partial charge in [0.2, 0.25) is 0 Å². The average Bonchev–Trinajstić information content (AvgIpc) is 1.85. The third-order valence-electron chi connectivity index (χ3n) is 1.10. The molecule has 0 amide bonds. The Kier molecular flexibility index (Phi) is 5.23. The molecule has 0 bridgehead atoms. The first-order chi connectivity index (χ1) is 4.31. The molecule has 0 atom stereocenters. The van der Waals surface area contributed by atoms with Crippen molar-refractivity contribution in [3.63, 3.8) is 0 Å². The van der Waals surface area contributed by atoms with Crippen molar-refractivity contribution in [2.75, 3.05) is 6.54 Å². The predicted octanol–water partition coefficient (Wildman–Crippen LogP) is 1.86. The zero-order chi connectivity index (χ0) is 7.11. The lowest BCUT2D eigenvalue weighted by molar-refractivity contribution is 0.837. The number of hydrogen-bond acceptors (Lipinski definition) is 1. The molecule has 0 aliphatic heterocycles. The highest BCUT2D eigenvalue weighted by atomic mass is 14.5. The van der Waals surface area contributed by atoms with E-state index in [4.69, 9.17) is 5.73 Å². The van der Waals surface area contributed by atoms with Gasteiger partial charge in [-0.15, -0.1) is 0 Å². The number of rotatable bonds is 4. The van der Waals surface area contributed by atoms with Gasteiger partial charge in [-0.3, -0.25) is 0 Å². The molecule has 0 fully saturated rings. The Morgan fingerprint density at radius 1 is 1.67 bits per heavy atom. The van der Waals surface area contributed by atoms with Crippen LogP contribution in [0.1, 0.15) is 19.8 Å². The standard InChI is InChI=1S/C8H15N/c1-3-5-8(2)6-4-7-9/h3,5H,2,4,6-7,9H2,1H3/b5-3-. The van der Waals surface area contributed by atoms with Crippen LogP contribution in [0.4, 0.5) is 0 Å². The summed E-state index contributed by atoms with van der Waals surface area (Å²) in [6.45, 7) is 6.59. The molecular weight excluding hydrogens is 110 g/mol. The van der Waals surface area contributed by atoms with Crippen LogP contribution in [0.5, 0.6) is 0 Å². The molecule has 2 N–H and O–H groups in total. The van der Waals surface area contributed by atoms with Crippen molar-refractivity contribution in [2.24, 2.45) is 5.73 Å². The first kappa shape index (κ1) is 8.44. The summed E-state index contributed by atoms with van der Waals surface area (Å²) >= 11 is 0. The van der Waals surface area contributed by atoms with Gasteiger partial charge >= 0.3 is 0 Å². The quantitative estimate of drug-likeness (QED) is 0.570. The van der Waals surface area contributed by atoms with E-state index < -0.39 is 0 Å². The monoisotopic (exact) mass is 125 g/mol. The second-order valence-electron chi connectivity index (χ2n) is 2.05. The molecular formula is C8H15N. The Hall–Kier alpha value is -0.560. The first-order valence-corrected chi connectivity index (χ1v) is 3.31. The lowest BCUT2D eigenvalue weighted by atomic mass is 10.1. The van der Waals surface area contributed by atoms with Gasteiger partial charge in [0.15, 0.2) is 0 Å². The molecule has 0 aromatic heterocycles. The van der Waals surface area contributed by atoms with Crippen molar-refractivity contribution in [3.8, 4) is 0 Å². The summed E-state index contributed by atoms with van der Waals surface area (Å²) in [7, 11) is 0. The second-order valence-corrected chi connectivity index (χ2v) is 2.05. The Morgan fingerprint density at radius 3 is 2.78 bits per heavy atom. The van der Waals surface area contributed by atoms with Crippen LogP contribution < -0.4 is 5.73 Å². The smallest absolute Gasteiger partial charge is 0.00741 e. The van der Waals surface area contributed by atoms with Gasteiger partial charge in [0, 0.05) is 0 Å². The lowest BCUT2D eigenvalue weighted by Crippen LogP contribution is -1.97. The molecule has 0 aromatic rings. The summed E-state index contributed by atoms with van der Waals surface area (Å²) in [5.74, 6) is 0. The van der Waals surface area contributed by atoms with Crippen LogP contribution in [0, 0.1) is 0 Å². The minimum Gasteiger partial charge on any atom is -0.330 e. The predicted molar refractivity (Wildman–Crippen MR) is 42.2 cm³/mol. The summed E-state index contributed by atoms with van der Waals surface area (Å²) in [5, 5.41) is 0. The van der Waals surface area contributed by atoms with Crippen LogP contribution in [0.2, 0.25) is 0 Å². The van der Waals surface area contributed by atoms with Gasteiger partial charge in [0.05, 0.1) is 0 Å². The molecule has 9 heavy (non-hydrogen) atoms. The summed E-state index contributed by atoms with van der Waals surface area (Å²) in [4.78, 5) is 0. The van der Waals surface area contributed by atoms with Crippen LogP contribution in [0.3, 0.4) is 0 Å². The highest BCUT2D eigenvalue weighted by Crippen LogP contribution is 2.01. The van der Waals surface area contributed by atoms with Crippen LogP contribution in [-0.2, 0) is 0 Å². The number of hydrogen-bond donors (Lipinski definition) is 1. The van der Waals surface area contributed by atoms with E-state index in [0.717, 1.165) is 19.4 Å². The SMILES string of the molecule is C=C(/C=C\C)CCCN. The average molecular weight is 125 g/mol. The van der Waals surface area contributed by atoms with Crippen molar-refractivity contribution < 1.29 is 0 Å². The fraction of sp³-hybridized carbons (Fsp3) is 0.500. The molecule has 0 aliphatic rings. The third kappa shape index (κ3) is 5.31. The van der Waals surface area contributed by atoms with Gasteiger partial charge in [0.25, 0.3) is 0 Å². The fourth-order valence-corrected chi connectivity index (χ4v) is 0.648. The largest absolute Gasteiger partial charge is 0.330 e. The minimum atomic E-state index is 0.760. The number of allylic oxidation sites excluding steroid dienone is 3. The highest BCUT2D eigenvalue weighted by Gasteiger charge is 1.85. The fourth-order valence-electron chi connectivity index (χ4n) is 0.648. The van der Waals surface area contributed by atoms with Crippen molar-refractivity contribution in [1.82, 2.24) is 0 Å². The van der Waals surface area contributed by atoms with E-state index in [1.54, 1.807) is 0 Å². The van der Waals surface area contributed by atoms with Crippen LogP contribution in [0.25, 0.3) is 0 Å². The highest BCUT2D eigenvalue weighted by molar-refractivity contribution is 5.12. The number of nitrogens with two attached hydrogens (primary N) is 1. The van der Waals surface area contributed by atoms with Crippen molar-refractivity contribution in [2.45, 2.75) is 19.8 Å². The molecule has 0 unspecified atom stereocenters. The van der Waals surface area contributed by atoms with Crippen molar-refractivity contribution in [1.29, 1.82) is 0 Å². The second kappa shape index (κ2) is 5.57. The maximum absolute atomic E-state index is 5.31. The van der Waals surface area contributed by atoms with Crippen LogP contribution in [0.15, 0.2) is 24.3 Å². The van der Waals surface area contributed by atoms with Gasteiger partial charge < -0.3 is 5.73 Å². The van der Waals surface area contributed by atoms with Gasteiger partial charge in [-0.1, -0.05) is 24.3 Å². The normalized spacial score (nSPS) is 10.4. The van der Waals surface area contributed by atoms with Crippen molar-refractivity contribution >= 4 is 0 Å². The molecule has 0 heterocycles. The maximum atomic E-state index is 5.31. The molecule has 1 nitrogen and oxygen atoms in total. The molecule has 52 valence electrons. The zero-order valence-corrected chi connectivity index (χ0v) is 6.06. The van der Waals surface area contributed by atoms with Gasteiger partial charge in [0.1, 0.15) is 0 Å². The molecule has 0 radical (unpaired) electrons. The molecule has 0 aromatic carbocycles. The molecule has 0 spiro atoms. The molecule has 0 saturated carbocycles. The van der Waals surface area contributed by atoms with E-state index in [2.05, 4.69) is 6.58 Å². The van der Waals surface area contributed by atoms with Crippen LogP contribution in [-0.4, -0.2) is 6.54 Å². The van der Waals surface area contributed by atoms with Crippen LogP contribution >= 0.6 is 0 Å².